The van der Waals surface area contributed by atoms with Crippen LogP contribution in [0.2, 0.25) is 0 Å². The molecule has 6 heteroatoms. The van der Waals surface area contributed by atoms with Gasteiger partial charge in [0.2, 0.25) is 5.91 Å². The van der Waals surface area contributed by atoms with Crippen LogP contribution >= 0.6 is 0 Å². The molecule has 1 atom stereocenters. The summed E-state index contributed by atoms with van der Waals surface area (Å²) >= 11 is 0. The number of nitrogens with zero attached hydrogens (tertiary/aromatic N) is 3. The predicted octanol–water partition coefficient (Wildman–Crippen LogP) is 2.49. The van der Waals surface area contributed by atoms with Gasteiger partial charge in [0.1, 0.15) is 11.9 Å². The van der Waals surface area contributed by atoms with Gasteiger partial charge in [-0.2, -0.15) is 0 Å². The maximum absolute atomic E-state index is 12.7. The molecule has 1 aromatic heterocycles. The van der Waals surface area contributed by atoms with E-state index in [1.807, 2.05) is 25.3 Å². The zero-order valence-electron chi connectivity index (χ0n) is 15.2. The number of carbonyl (C=O) groups is 2. The van der Waals surface area contributed by atoms with E-state index in [-0.39, 0.29) is 5.91 Å². The first kappa shape index (κ1) is 18.0. The molecule has 0 spiro atoms. The molecule has 136 valence electrons. The Morgan fingerprint density at radius 2 is 2.00 bits per heavy atom. The molecule has 0 aliphatic carbocycles. The van der Waals surface area contributed by atoms with Gasteiger partial charge in [0.25, 0.3) is 5.91 Å². The second kappa shape index (κ2) is 7.64. The second-order valence-electron chi connectivity index (χ2n) is 6.68. The van der Waals surface area contributed by atoms with Crippen LogP contribution in [0.1, 0.15) is 47.9 Å². The number of hydrogen-bond acceptors (Lipinski definition) is 4. The number of hydrogen-bond donors (Lipinski definition) is 1. The molecule has 1 saturated heterocycles. The molecule has 0 radical (unpaired) electrons. The Kier molecular flexibility index (Phi) is 5.30. The third-order valence-corrected chi connectivity index (χ3v) is 4.75. The van der Waals surface area contributed by atoms with Crippen molar-refractivity contribution in [1.29, 1.82) is 0 Å². The third kappa shape index (κ3) is 3.59. The van der Waals surface area contributed by atoms with Gasteiger partial charge in [-0.25, -0.2) is 9.97 Å². The normalized spacial score (nSPS) is 16.7. The van der Waals surface area contributed by atoms with Crippen LogP contribution in [0.25, 0.3) is 11.3 Å². The highest BCUT2D eigenvalue weighted by Gasteiger charge is 2.33. The number of carbonyl (C=O) groups excluding carboxylic acids is 2. The second-order valence-corrected chi connectivity index (χ2v) is 6.68. The summed E-state index contributed by atoms with van der Waals surface area (Å²) in [5, 5.41) is 0. The molecule has 2 heterocycles. The summed E-state index contributed by atoms with van der Waals surface area (Å²) in [4.78, 5) is 34.7. The summed E-state index contributed by atoms with van der Waals surface area (Å²) in [6.45, 7) is 4.56. The Labute approximate surface area is 153 Å². The van der Waals surface area contributed by atoms with Crippen molar-refractivity contribution in [3.05, 3.63) is 47.4 Å². The van der Waals surface area contributed by atoms with Crippen LogP contribution in [-0.4, -0.2) is 39.3 Å². The van der Waals surface area contributed by atoms with Crippen molar-refractivity contribution in [1.82, 2.24) is 14.9 Å². The molecule has 0 saturated carbocycles. The zero-order chi connectivity index (χ0) is 18.7. The first-order valence-electron chi connectivity index (χ1n) is 9.04. The van der Waals surface area contributed by atoms with E-state index in [9.17, 15) is 9.59 Å². The SMILES string of the molecule is CCCc1cnc(C)nc1-c1ccc(C(=O)N2CCCC2C(N)=O)cc1. The summed E-state index contributed by atoms with van der Waals surface area (Å²) < 4.78 is 0. The number of benzene rings is 1. The number of rotatable bonds is 5. The van der Waals surface area contributed by atoms with Crippen LogP contribution in [0.5, 0.6) is 0 Å². The number of primary amides is 1. The number of nitrogens with two attached hydrogens (primary N) is 1. The van der Waals surface area contributed by atoms with E-state index >= 15 is 0 Å². The predicted molar refractivity (Wildman–Crippen MR) is 99.5 cm³/mol. The minimum absolute atomic E-state index is 0.148. The van der Waals surface area contributed by atoms with E-state index in [1.165, 1.54) is 0 Å². The van der Waals surface area contributed by atoms with Gasteiger partial charge in [-0.3, -0.25) is 9.59 Å². The van der Waals surface area contributed by atoms with Crippen LogP contribution < -0.4 is 5.73 Å². The Bertz CT molecular complexity index is 817. The van der Waals surface area contributed by atoms with E-state index in [1.54, 1.807) is 17.0 Å². The van der Waals surface area contributed by atoms with Crippen molar-refractivity contribution in [3.8, 4) is 11.3 Å². The fourth-order valence-electron chi connectivity index (χ4n) is 3.44. The molecule has 1 aliphatic heterocycles. The van der Waals surface area contributed by atoms with E-state index in [4.69, 9.17) is 5.73 Å². The smallest absolute Gasteiger partial charge is 0.254 e. The highest BCUT2D eigenvalue weighted by molar-refractivity contribution is 5.98. The molecule has 2 amide bonds. The molecule has 2 N–H and O–H groups in total. The van der Waals surface area contributed by atoms with Gasteiger partial charge in [0.15, 0.2) is 0 Å². The average molecular weight is 352 g/mol. The van der Waals surface area contributed by atoms with Gasteiger partial charge in [0.05, 0.1) is 5.69 Å². The Balaban J connectivity index is 1.86. The van der Waals surface area contributed by atoms with Gasteiger partial charge in [-0.05, 0) is 43.9 Å². The quantitative estimate of drug-likeness (QED) is 0.895. The van der Waals surface area contributed by atoms with E-state index in [0.717, 1.165) is 41.9 Å². The van der Waals surface area contributed by atoms with Crippen LogP contribution in [0.3, 0.4) is 0 Å². The van der Waals surface area contributed by atoms with Gasteiger partial charge < -0.3 is 10.6 Å². The maximum Gasteiger partial charge on any atom is 0.254 e. The molecule has 2 aromatic rings. The standard InChI is InChI=1S/C20H24N4O2/c1-3-5-16-12-22-13(2)23-18(16)14-7-9-15(10-8-14)20(26)24-11-4-6-17(24)19(21)25/h7-10,12,17H,3-6,11H2,1-2H3,(H2,21,25). The lowest BCUT2D eigenvalue weighted by Crippen LogP contribution is -2.43. The molecule has 1 fully saturated rings. The topological polar surface area (TPSA) is 89.2 Å². The van der Waals surface area contributed by atoms with Crippen molar-refractivity contribution in [3.63, 3.8) is 0 Å². The third-order valence-electron chi connectivity index (χ3n) is 4.75. The Hall–Kier alpha value is -2.76. The number of aromatic nitrogens is 2. The van der Waals surface area contributed by atoms with Crippen LogP contribution in [0.15, 0.2) is 30.5 Å². The number of likely N-dealkylation sites (tertiary alicyclic amines) is 1. The summed E-state index contributed by atoms with van der Waals surface area (Å²) in [6.07, 6.45) is 5.24. The van der Waals surface area contributed by atoms with Crippen molar-refractivity contribution in [2.24, 2.45) is 5.73 Å². The van der Waals surface area contributed by atoms with Crippen molar-refractivity contribution < 1.29 is 9.59 Å². The molecule has 0 bridgehead atoms. The monoisotopic (exact) mass is 352 g/mol. The lowest BCUT2D eigenvalue weighted by Gasteiger charge is -2.22. The highest BCUT2D eigenvalue weighted by atomic mass is 16.2. The van der Waals surface area contributed by atoms with E-state index < -0.39 is 11.9 Å². The van der Waals surface area contributed by atoms with Crippen molar-refractivity contribution in [2.75, 3.05) is 6.54 Å². The molecule has 1 aliphatic rings. The molecular weight excluding hydrogens is 328 g/mol. The van der Waals surface area contributed by atoms with Crippen molar-refractivity contribution >= 4 is 11.8 Å². The van der Waals surface area contributed by atoms with Crippen LogP contribution in [-0.2, 0) is 11.2 Å². The van der Waals surface area contributed by atoms with Crippen molar-refractivity contribution in [2.45, 2.75) is 45.6 Å². The van der Waals surface area contributed by atoms with Gasteiger partial charge in [-0.15, -0.1) is 0 Å². The number of amides is 2. The first-order valence-corrected chi connectivity index (χ1v) is 9.04. The molecule has 6 nitrogen and oxygen atoms in total. The summed E-state index contributed by atoms with van der Waals surface area (Å²) in [5.74, 6) is 0.139. The summed E-state index contributed by atoms with van der Waals surface area (Å²) in [6, 6.07) is 6.90. The zero-order valence-corrected chi connectivity index (χ0v) is 15.2. The summed E-state index contributed by atoms with van der Waals surface area (Å²) in [5.41, 5.74) is 8.95. The largest absolute Gasteiger partial charge is 0.368 e. The molecule has 1 aromatic carbocycles. The van der Waals surface area contributed by atoms with Gasteiger partial charge in [0, 0.05) is 23.9 Å². The van der Waals surface area contributed by atoms with E-state index in [2.05, 4.69) is 16.9 Å². The Morgan fingerprint density at radius 1 is 1.27 bits per heavy atom. The summed E-state index contributed by atoms with van der Waals surface area (Å²) in [7, 11) is 0. The maximum atomic E-state index is 12.7. The molecule has 1 unspecified atom stereocenters. The van der Waals surface area contributed by atoms with Crippen LogP contribution in [0.4, 0.5) is 0 Å². The lowest BCUT2D eigenvalue weighted by atomic mass is 10.0. The molecule has 3 rings (SSSR count). The van der Waals surface area contributed by atoms with Gasteiger partial charge >= 0.3 is 0 Å². The van der Waals surface area contributed by atoms with Crippen LogP contribution in [0, 0.1) is 6.92 Å². The fourth-order valence-corrected chi connectivity index (χ4v) is 3.44. The fraction of sp³-hybridized carbons (Fsp3) is 0.400. The first-order chi connectivity index (χ1) is 12.5. The molecule has 26 heavy (non-hydrogen) atoms. The minimum Gasteiger partial charge on any atom is -0.368 e. The lowest BCUT2D eigenvalue weighted by molar-refractivity contribution is -0.121. The minimum atomic E-state index is -0.497. The van der Waals surface area contributed by atoms with Gasteiger partial charge in [-0.1, -0.05) is 25.5 Å². The molecular formula is C20H24N4O2. The number of aryl methyl sites for hydroxylation is 2. The average Bonchev–Trinajstić information content (AvgIpc) is 3.13. The Morgan fingerprint density at radius 3 is 2.65 bits per heavy atom. The van der Waals surface area contributed by atoms with E-state index in [0.29, 0.717) is 18.5 Å². The highest BCUT2D eigenvalue weighted by Crippen LogP contribution is 2.25.